The standard InChI is InChI=1S/C14H15N3O3/c1-2-19-11-5-3-4-6-12(11)20-13-9-10(7-8-16-13)14(15)17-18/h3-9,18H,2H2,1H3,(H2,15,17). The molecule has 6 heteroatoms. The number of rotatable bonds is 5. The summed E-state index contributed by atoms with van der Waals surface area (Å²) < 4.78 is 11.1. The normalized spacial score (nSPS) is 11.2. The summed E-state index contributed by atoms with van der Waals surface area (Å²) >= 11 is 0. The highest BCUT2D eigenvalue weighted by Crippen LogP contribution is 2.30. The summed E-state index contributed by atoms with van der Waals surface area (Å²) in [4.78, 5) is 4.08. The lowest BCUT2D eigenvalue weighted by Gasteiger charge is -2.10. The highest BCUT2D eigenvalue weighted by atomic mass is 16.5. The Balaban J connectivity index is 2.26. The number of benzene rings is 1. The molecule has 2 aromatic rings. The van der Waals surface area contributed by atoms with E-state index in [1.165, 1.54) is 6.20 Å². The molecule has 0 unspecified atom stereocenters. The van der Waals surface area contributed by atoms with E-state index in [1.54, 1.807) is 18.2 Å². The van der Waals surface area contributed by atoms with Gasteiger partial charge in [-0.1, -0.05) is 17.3 Å². The predicted octanol–water partition coefficient (Wildman–Crippen LogP) is 2.37. The Kier molecular flexibility index (Phi) is 4.39. The molecule has 3 N–H and O–H groups in total. The molecule has 0 radical (unpaired) electrons. The van der Waals surface area contributed by atoms with Gasteiger partial charge in [-0.15, -0.1) is 0 Å². The molecule has 0 atom stereocenters. The lowest BCUT2D eigenvalue weighted by atomic mass is 10.2. The minimum absolute atomic E-state index is 0.00431. The van der Waals surface area contributed by atoms with E-state index in [4.69, 9.17) is 20.4 Å². The van der Waals surface area contributed by atoms with Crippen LogP contribution in [0.4, 0.5) is 0 Å². The Morgan fingerprint density at radius 3 is 2.75 bits per heavy atom. The van der Waals surface area contributed by atoms with Crippen molar-refractivity contribution in [2.45, 2.75) is 6.92 Å². The fourth-order valence-corrected chi connectivity index (χ4v) is 1.60. The van der Waals surface area contributed by atoms with Crippen molar-refractivity contribution in [3.05, 3.63) is 48.2 Å². The first-order valence-corrected chi connectivity index (χ1v) is 6.08. The summed E-state index contributed by atoms with van der Waals surface area (Å²) in [6.07, 6.45) is 1.52. The smallest absolute Gasteiger partial charge is 0.220 e. The third-order valence-corrected chi connectivity index (χ3v) is 2.50. The van der Waals surface area contributed by atoms with Gasteiger partial charge in [0.2, 0.25) is 5.88 Å². The molecule has 0 spiro atoms. The molecular weight excluding hydrogens is 258 g/mol. The van der Waals surface area contributed by atoms with Gasteiger partial charge in [0.05, 0.1) is 6.61 Å². The van der Waals surface area contributed by atoms with E-state index in [1.807, 2.05) is 25.1 Å². The van der Waals surface area contributed by atoms with Crippen molar-refractivity contribution in [1.82, 2.24) is 4.98 Å². The van der Waals surface area contributed by atoms with Crippen LogP contribution in [-0.2, 0) is 0 Å². The average molecular weight is 273 g/mol. The maximum Gasteiger partial charge on any atom is 0.220 e. The fourth-order valence-electron chi connectivity index (χ4n) is 1.60. The lowest BCUT2D eigenvalue weighted by Crippen LogP contribution is -2.13. The Labute approximate surface area is 116 Å². The molecule has 0 aliphatic carbocycles. The van der Waals surface area contributed by atoms with Crippen molar-refractivity contribution in [1.29, 1.82) is 0 Å². The number of aromatic nitrogens is 1. The highest BCUT2D eigenvalue weighted by Gasteiger charge is 2.07. The minimum Gasteiger partial charge on any atom is -0.490 e. The largest absolute Gasteiger partial charge is 0.490 e. The molecule has 2 rings (SSSR count). The molecule has 6 nitrogen and oxygen atoms in total. The summed E-state index contributed by atoms with van der Waals surface area (Å²) in [7, 11) is 0. The first-order chi connectivity index (χ1) is 9.74. The van der Waals surface area contributed by atoms with Crippen LogP contribution in [0.15, 0.2) is 47.8 Å². The molecular formula is C14H15N3O3. The van der Waals surface area contributed by atoms with Crippen molar-refractivity contribution >= 4 is 5.84 Å². The SMILES string of the molecule is CCOc1ccccc1Oc1cc(/C(N)=N/O)ccn1. The van der Waals surface area contributed by atoms with E-state index in [0.717, 1.165) is 0 Å². The molecule has 1 heterocycles. The number of nitrogens with zero attached hydrogens (tertiary/aromatic N) is 2. The van der Waals surface area contributed by atoms with Crippen molar-refractivity contribution in [3.8, 4) is 17.4 Å². The fraction of sp³-hybridized carbons (Fsp3) is 0.143. The maximum atomic E-state index is 8.66. The summed E-state index contributed by atoms with van der Waals surface area (Å²) in [6.45, 7) is 2.44. The van der Waals surface area contributed by atoms with Crippen molar-refractivity contribution in [3.63, 3.8) is 0 Å². The first-order valence-electron chi connectivity index (χ1n) is 6.08. The van der Waals surface area contributed by atoms with Crippen LogP contribution in [0, 0.1) is 0 Å². The number of para-hydroxylation sites is 2. The van der Waals surface area contributed by atoms with E-state index in [0.29, 0.717) is 29.5 Å². The van der Waals surface area contributed by atoms with Crippen LogP contribution in [0.2, 0.25) is 0 Å². The van der Waals surface area contributed by atoms with Crippen LogP contribution in [-0.4, -0.2) is 22.6 Å². The summed E-state index contributed by atoms with van der Waals surface area (Å²) in [5.41, 5.74) is 6.05. The maximum absolute atomic E-state index is 8.66. The van der Waals surface area contributed by atoms with Gasteiger partial charge in [0, 0.05) is 17.8 Å². The zero-order valence-corrected chi connectivity index (χ0v) is 11.0. The molecule has 104 valence electrons. The van der Waals surface area contributed by atoms with Gasteiger partial charge in [-0.25, -0.2) is 4.98 Å². The summed E-state index contributed by atoms with van der Waals surface area (Å²) in [5, 5.41) is 11.6. The van der Waals surface area contributed by atoms with Gasteiger partial charge in [-0.2, -0.15) is 0 Å². The Morgan fingerprint density at radius 1 is 1.30 bits per heavy atom. The summed E-state index contributed by atoms with van der Waals surface area (Å²) in [5.74, 6) is 1.51. The highest BCUT2D eigenvalue weighted by molar-refractivity contribution is 5.97. The van der Waals surface area contributed by atoms with Crippen LogP contribution in [0.5, 0.6) is 17.4 Å². The van der Waals surface area contributed by atoms with Gasteiger partial charge in [0.25, 0.3) is 0 Å². The zero-order valence-electron chi connectivity index (χ0n) is 11.0. The van der Waals surface area contributed by atoms with E-state index in [9.17, 15) is 0 Å². The second-order valence-electron chi connectivity index (χ2n) is 3.85. The molecule has 1 aromatic carbocycles. The van der Waals surface area contributed by atoms with Crippen LogP contribution < -0.4 is 15.2 Å². The number of nitrogens with two attached hydrogens (primary N) is 1. The van der Waals surface area contributed by atoms with Gasteiger partial charge in [0.15, 0.2) is 17.3 Å². The van der Waals surface area contributed by atoms with Crippen molar-refractivity contribution in [2.75, 3.05) is 6.61 Å². The number of ether oxygens (including phenoxy) is 2. The van der Waals surface area contributed by atoms with Gasteiger partial charge >= 0.3 is 0 Å². The van der Waals surface area contributed by atoms with Crippen LogP contribution >= 0.6 is 0 Å². The molecule has 0 saturated carbocycles. The topological polar surface area (TPSA) is 90.0 Å². The first kappa shape index (κ1) is 13.7. The molecule has 0 saturated heterocycles. The molecule has 0 bridgehead atoms. The minimum atomic E-state index is -0.00431. The zero-order chi connectivity index (χ0) is 14.4. The quantitative estimate of drug-likeness (QED) is 0.378. The number of oxime groups is 1. The third-order valence-electron chi connectivity index (χ3n) is 2.50. The van der Waals surface area contributed by atoms with Gasteiger partial charge in [-0.05, 0) is 25.1 Å². The van der Waals surface area contributed by atoms with Crippen molar-refractivity contribution in [2.24, 2.45) is 10.9 Å². The monoisotopic (exact) mass is 273 g/mol. The number of pyridine rings is 1. The Bertz CT molecular complexity index is 614. The van der Waals surface area contributed by atoms with Crippen LogP contribution in [0.1, 0.15) is 12.5 Å². The molecule has 0 amide bonds. The number of hydrogen-bond donors (Lipinski definition) is 2. The summed E-state index contributed by atoms with van der Waals surface area (Å²) in [6, 6.07) is 10.5. The van der Waals surface area contributed by atoms with Crippen LogP contribution in [0.3, 0.4) is 0 Å². The molecule has 1 aromatic heterocycles. The lowest BCUT2D eigenvalue weighted by molar-refractivity contribution is 0.318. The number of hydrogen-bond acceptors (Lipinski definition) is 5. The molecule has 0 aliphatic rings. The number of amidine groups is 1. The van der Waals surface area contributed by atoms with Gasteiger partial charge in [-0.3, -0.25) is 0 Å². The Morgan fingerprint density at radius 2 is 2.05 bits per heavy atom. The van der Waals surface area contributed by atoms with Crippen molar-refractivity contribution < 1.29 is 14.7 Å². The average Bonchev–Trinajstić information content (AvgIpc) is 2.49. The second-order valence-corrected chi connectivity index (χ2v) is 3.85. The molecule has 0 aliphatic heterocycles. The van der Waals surface area contributed by atoms with E-state index in [2.05, 4.69) is 10.1 Å². The second kappa shape index (κ2) is 6.42. The molecule has 0 fully saturated rings. The molecule has 20 heavy (non-hydrogen) atoms. The van der Waals surface area contributed by atoms with Crippen LogP contribution in [0.25, 0.3) is 0 Å². The predicted molar refractivity (Wildman–Crippen MR) is 74.4 cm³/mol. The van der Waals surface area contributed by atoms with Gasteiger partial charge in [0.1, 0.15) is 0 Å². The van der Waals surface area contributed by atoms with E-state index in [-0.39, 0.29) is 5.84 Å². The Hall–Kier alpha value is -2.76. The van der Waals surface area contributed by atoms with E-state index < -0.39 is 0 Å². The van der Waals surface area contributed by atoms with Gasteiger partial charge < -0.3 is 20.4 Å². The third kappa shape index (κ3) is 3.17. The van der Waals surface area contributed by atoms with E-state index >= 15 is 0 Å².